The molecule has 8 aromatic carbocycles. The van der Waals surface area contributed by atoms with Gasteiger partial charge in [-0.25, -0.2) is 4.98 Å². The Morgan fingerprint density at radius 3 is 1.25 bits per heavy atom. The molecule has 9 rings (SSSR count). The largest absolute Gasteiger partial charge is 0.292 e. The fraction of sp³-hybridized carbons (Fsp3) is 0. The van der Waals surface area contributed by atoms with Crippen molar-refractivity contribution < 1.29 is 0 Å². The van der Waals surface area contributed by atoms with E-state index in [0.717, 1.165) is 16.6 Å². The summed E-state index contributed by atoms with van der Waals surface area (Å²) >= 11 is 0. The van der Waals surface area contributed by atoms with Crippen molar-refractivity contribution in [1.82, 2.24) is 9.55 Å². The van der Waals surface area contributed by atoms with E-state index in [2.05, 4.69) is 4.57 Å². The van der Waals surface area contributed by atoms with Crippen LogP contribution in [0, 0.1) is 0 Å². The summed E-state index contributed by atoms with van der Waals surface area (Å²) < 4.78 is 2.05. The Morgan fingerprint density at radius 1 is 0.317 bits per heavy atom. The van der Waals surface area contributed by atoms with E-state index < -0.39 is 0 Å². The first-order valence-electron chi connectivity index (χ1n) is 18.5. The molecule has 0 atom stereocenters. The Kier molecular flexibility index (Phi) is 9.81. The minimum Gasteiger partial charge on any atom is -0.292 e. The topological polar surface area (TPSA) is 17.8 Å². The van der Waals surface area contributed by atoms with Crippen LogP contribution in [0.25, 0.3) is 82.7 Å². The zero-order valence-electron chi connectivity index (χ0n) is 32.1. The Labute approximate surface area is 368 Å². The molecule has 0 amide bonds. The predicted octanol–water partition coefficient (Wildman–Crippen LogP) is -6.61. The smallest absolute Gasteiger partial charge is 0.145 e. The lowest BCUT2D eigenvalue weighted by Gasteiger charge is -2.32. The van der Waals surface area contributed by atoms with Crippen molar-refractivity contribution in [3.05, 3.63) is 78.9 Å². The lowest BCUT2D eigenvalue weighted by Crippen LogP contribution is -2.52. The van der Waals surface area contributed by atoms with Crippen molar-refractivity contribution in [2.45, 2.75) is 0 Å². The van der Waals surface area contributed by atoms with E-state index in [1.807, 2.05) is 78.9 Å². The highest BCUT2D eigenvalue weighted by Crippen LogP contribution is 2.43. The number of aromatic nitrogens is 2. The second-order valence-electron chi connectivity index (χ2n) is 14.7. The molecule has 0 unspecified atom stereocenters. The molecule has 60 heavy (non-hydrogen) atoms. The second kappa shape index (κ2) is 14.6. The van der Waals surface area contributed by atoms with Crippen LogP contribution < -0.4 is 81.9 Å². The first-order chi connectivity index (χ1) is 28.6. The van der Waals surface area contributed by atoms with Gasteiger partial charge in [-0.1, -0.05) is 110 Å². The summed E-state index contributed by atoms with van der Waals surface area (Å²) in [6.45, 7) is 0. The maximum absolute atomic E-state index is 7.13. The first-order valence-corrected chi connectivity index (χ1v) is 18.5. The van der Waals surface area contributed by atoms with E-state index >= 15 is 0 Å². The van der Waals surface area contributed by atoms with Crippen molar-refractivity contribution in [3.8, 4) is 39.3 Å². The molecular weight excluding hydrogens is 707 g/mol. The van der Waals surface area contributed by atoms with Crippen molar-refractivity contribution >= 4 is 243 Å². The zero-order valence-corrected chi connectivity index (χ0v) is 32.1. The number of imidazole rings is 1. The highest BCUT2D eigenvalue weighted by Gasteiger charge is 2.29. The lowest BCUT2D eigenvalue weighted by molar-refractivity contribution is 1.11. The molecule has 0 saturated carbocycles. The van der Waals surface area contributed by atoms with Crippen LogP contribution in [0.2, 0.25) is 0 Å². The van der Waals surface area contributed by atoms with E-state index in [9.17, 15) is 0 Å². The number of hydrogen-bond acceptors (Lipinski definition) is 1. The third-order valence-corrected chi connectivity index (χ3v) is 11.6. The van der Waals surface area contributed by atoms with Crippen molar-refractivity contribution in [2.24, 2.45) is 0 Å². The van der Waals surface area contributed by atoms with Crippen LogP contribution in [-0.4, -0.2) is 127 Å². The molecule has 0 aliphatic rings. The van der Waals surface area contributed by atoms with Gasteiger partial charge >= 0.3 is 0 Å². The van der Waals surface area contributed by atoms with Crippen LogP contribution in [0.3, 0.4) is 0 Å². The number of hydrogen-bond donors (Lipinski definition) is 0. The Hall–Kier alpha value is -5.02. The Morgan fingerprint density at radius 2 is 0.717 bits per heavy atom. The average molecular weight is 720 g/mol. The van der Waals surface area contributed by atoms with E-state index in [-0.39, 0.29) is 115 Å². The Balaban J connectivity index is 1.58. The van der Waals surface area contributed by atoms with Crippen LogP contribution in [0.4, 0.5) is 0 Å². The van der Waals surface area contributed by atoms with Crippen LogP contribution >= 0.6 is 0 Å². The number of rotatable bonds is 4. The number of fused-ring (bicyclic) bond motifs is 4. The van der Waals surface area contributed by atoms with Gasteiger partial charge in [-0.15, -0.1) is 32.8 Å². The van der Waals surface area contributed by atoms with Gasteiger partial charge in [0.2, 0.25) is 0 Å². The minimum absolute atomic E-state index is 0.00229. The van der Waals surface area contributed by atoms with Gasteiger partial charge < -0.3 is 0 Å². The van der Waals surface area contributed by atoms with Gasteiger partial charge in [0.25, 0.3) is 0 Å². The summed E-state index contributed by atoms with van der Waals surface area (Å²) in [5.74, 6) is 0.658. The van der Waals surface area contributed by atoms with Gasteiger partial charge in [-0.3, -0.25) is 4.57 Å². The summed E-state index contributed by atoms with van der Waals surface area (Å²) in [5, 5.41) is 1.51. The lowest BCUT2D eigenvalue weighted by atomic mass is 9.56. The molecule has 0 fully saturated rings. The van der Waals surface area contributed by atoms with Gasteiger partial charge in [0.05, 0.1) is 16.7 Å². The van der Waals surface area contributed by atoms with Gasteiger partial charge in [0, 0.05) is 11.1 Å². The maximum atomic E-state index is 7.13. The third kappa shape index (κ3) is 5.52. The van der Waals surface area contributed by atoms with Crippen LogP contribution in [0.1, 0.15) is 0 Å². The van der Waals surface area contributed by atoms with Crippen molar-refractivity contribution in [2.75, 3.05) is 0 Å². The van der Waals surface area contributed by atoms with Crippen LogP contribution in [-0.2, 0) is 0 Å². The molecule has 0 bridgehead atoms. The highest BCUT2D eigenvalue weighted by molar-refractivity contribution is 6.75. The summed E-state index contributed by atoms with van der Waals surface area (Å²) in [7, 11) is 102. The van der Waals surface area contributed by atoms with E-state index in [0.29, 0.717) is 33.4 Å². The van der Waals surface area contributed by atoms with E-state index in [4.69, 9.17) is 123 Å². The molecule has 1 heterocycles. The van der Waals surface area contributed by atoms with E-state index in [1.54, 1.807) is 0 Å². The summed E-state index contributed by atoms with van der Waals surface area (Å²) in [5.41, 5.74) is 4.60. The van der Waals surface area contributed by atoms with Crippen molar-refractivity contribution in [3.63, 3.8) is 0 Å². The normalized spacial score (nSPS) is 11.7. The molecule has 0 aliphatic heterocycles. The SMILES string of the molecule is [B]c1c([B])c([B])c2c([B])c(-c3c4c([B])c([B])c([B])c([B])c4c(-c4ccccc4-n4c(-c5ccccc5)nc5ccccc54)c4c([B])c([B])c([B])c([B])c34)c([B])c([B])c2c1[B]. The first kappa shape index (κ1) is 40.4. The summed E-state index contributed by atoms with van der Waals surface area (Å²) in [6.07, 6.45) is 0. The maximum Gasteiger partial charge on any atom is 0.145 e. The second-order valence-corrected chi connectivity index (χ2v) is 14.7. The molecule has 0 aliphatic carbocycles. The average Bonchev–Trinajstić information content (AvgIpc) is 3.65. The summed E-state index contributed by atoms with van der Waals surface area (Å²) in [6, 6.07) is 25.2. The fourth-order valence-electron chi connectivity index (χ4n) is 8.59. The van der Waals surface area contributed by atoms with E-state index in [1.165, 1.54) is 0 Å². The predicted molar refractivity (Wildman–Crippen MR) is 271 cm³/mol. The van der Waals surface area contributed by atoms with Gasteiger partial charge in [-0.2, -0.15) is 0 Å². The molecular formula is C43H13B15N2. The van der Waals surface area contributed by atoms with Crippen LogP contribution in [0.15, 0.2) is 78.9 Å². The third-order valence-electron chi connectivity index (χ3n) is 11.6. The fourth-order valence-corrected chi connectivity index (χ4v) is 8.59. The molecule has 1 aromatic heterocycles. The van der Waals surface area contributed by atoms with Gasteiger partial charge in [0.1, 0.15) is 124 Å². The van der Waals surface area contributed by atoms with Crippen molar-refractivity contribution in [1.29, 1.82) is 0 Å². The number of benzene rings is 8. The molecule has 2 nitrogen and oxygen atoms in total. The number of nitrogens with zero attached hydrogens (tertiary/aromatic N) is 2. The molecule has 17 heteroatoms. The molecule has 0 spiro atoms. The highest BCUT2D eigenvalue weighted by atomic mass is 15.1. The Bertz CT molecular complexity index is 3300. The van der Waals surface area contributed by atoms with Gasteiger partial charge in [0.15, 0.2) is 0 Å². The molecule has 9 aromatic rings. The molecule has 240 valence electrons. The zero-order chi connectivity index (χ0) is 42.8. The van der Waals surface area contributed by atoms with Gasteiger partial charge in [-0.05, 0) is 67.2 Å². The standard InChI is InChI=1S/C43H13B15N2/c44-28-25(33(49)34(50)27-26(28)35(51)41(57)42(58)36(27)52)20-23-21(29(45)37(53)39(55)31(23)47)19(22-24(20)32(48)40(56)38(54)30(22)46)15-10-4-6-12-17(15)60-18-13-7-5-11-16(18)59-43(60)14-8-2-1-3-9-14/h1-13H. The molecule has 0 saturated heterocycles. The minimum atomic E-state index is -0.0369. The quantitative estimate of drug-likeness (QED) is 0.131. The molecule has 30 radical (unpaired) electrons. The summed E-state index contributed by atoms with van der Waals surface area (Å²) in [4.78, 5) is 5.09. The number of para-hydroxylation sites is 3. The van der Waals surface area contributed by atoms with Crippen LogP contribution in [0.5, 0.6) is 0 Å². The molecule has 0 N–H and O–H groups in total. The monoisotopic (exact) mass is 722 g/mol.